The molecule has 0 aromatic heterocycles. The fraction of sp³-hybridized carbons (Fsp3) is 0.278. The summed E-state index contributed by atoms with van der Waals surface area (Å²) in [5.41, 5.74) is 2.07. The Labute approximate surface area is 129 Å². The van der Waals surface area contributed by atoms with Gasteiger partial charge in [0.1, 0.15) is 5.92 Å². The van der Waals surface area contributed by atoms with Crippen molar-refractivity contribution in [3.8, 4) is 0 Å². The molecule has 1 aliphatic rings. The van der Waals surface area contributed by atoms with Crippen LogP contribution in [0.4, 0.5) is 0 Å². The Morgan fingerprint density at radius 2 is 1.68 bits per heavy atom. The normalized spacial score (nSPS) is 25.2. The summed E-state index contributed by atoms with van der Waals surface area (Å²) in [6.45, 7) is 2.38. The number of rotatable bonds is 4. The summed E-state index contributed by atoms with van der Waals surface area (Å²) in [7, 11) is 0. The van der Waals surface area contributed by atoms with Crippen LogP contribution in [0.2, 0.25) is 0 Å². The van der Waals surface area contributed by atoms with Crippen LogP contribution < -0.4 is 0 Å². The van der Waals surface area contributed by atoms with Crippen molar-refractivity contribution in [2.75, 3.05) is 0 Å². The van der Waals surface area contributed by atoms with E-state index in [2.05, 4.69) is 0 Å². The largest absolute Gasteiger partial charge is 0.481 e. The second-order valence-electron chi connectivity index (χ2n) is 5.59. The SMILES string of the molecule is C[C@@H]1ON(Cc2ccccc2)[C@H](c2ccccc2)[C@H]1C(=O)O. The van der Waals surface area contributed by atoms with E-state index in [1.165, 1.54) is 0 Å². The third-order valence-electron chi connectivity index (χ3n) is 4.07. The molecule has 4 nitrogen and oxygen atoms in total. The molecule has 3 rings (SSSR count). The second kappa shape index (κ2) is 6.30. The highest BCUT2D eigenvalue weighted by Gasteiger charge is 2.46. The number of carboxylic acids is 1. The highest BCUT2D eigenvalue weighted by Crippen LogP contribution is 2.40. The number of hydrogen-bond acceptors (Lipinski definition) is 3. The van der Waals surface area contributed by atoms with E-state index in [9.17, 15) is 9.90 Å². The molecule has 1 heterocycles. The van der Waals surface area contributed by atoms with Gasteiger partial charge in [0.05, 0.1) is 12.1 Å². The van der Waals surface area contributed by atoms with Crippen LogP contribution in [0.5, 0.6) is 0 Å². The summed E-state index contributed by atoms with van der Waals surface area (Å²) in [5, 5.41) is 11.4. The topological polar surface area (TPSA) is 49.8 Å². The average molecular weight is 297 g/mol. The van der Waals surface area contributed by atoms with E-state index in [1.54, 1.807) is 5.06 Å². The highest BCUT2D eigenvalue weighted by molar-refractivity contribution is 5.72. The summed E-state index contributed by atoms with van der Waals surface area (Å²) in [6, 6.07) is 19.4. The predicted octanol–water partition coefficient (Wildman–Crippen LogP) is 3.26. The molecule has 0 saturated carbocycles. The molecule has 1 aliphatic heterocycles. The number of carbonyl (C=O) groups is 1. The lowest BCUT2D eigenvalue weighted by Crippen LogP contribution is -2.29. The summed E-state index contributed by atoms with van der Waals surface area (Å²) in [4.78, 5) is 17.5. The van der Waals surface area contributed by atoms with E-state index in [-0.39, 0.29) is 12.1 Å². The number of nitrogens with zero attached hydrogens (tertiary/aromatic N) is 1. The lowest BCUT2D eigenvalue weighted by Gasteiger charge is -2.24. The fourth-order valence-electron chi connectivity index (χ4n) is 3.04. The maximum Gasteiger partial charge on any atom is 0.311 e. The quantitative estimate of drug-likeness (QED) is 0.941. The van der Waals surface area contributed by atoms with Crippen LogP contribution in [0, 0.1) is 5.92 Å². The van der Waals surface area contributed by atoms with Gasteiger partial charge in [-0.05, 0) is 18.1 Å². The van der Waals surface area contributed by atoms with Gasteiger partial charge < -0.3 is 5.11 Å². The monoisotopic (exact) mass is 297 g/mol. The lowest BCUT2D eigenvalue weighted by atomic mass is 9.90. The molecule has 2 aromatic carbocycles. The molecule has 22 heavy (non-hydrogen) atoms. The van der Waals surface area contributed by atoms with E-state index in [0.29, 0.717) is 6.54 Å². The van der Waals surface area contributed by atoms with Crippen molar-refractivity contribution in [3.63, 3.8) is 0 Å². The number of hydroxylamine groups is 2. The third kappa shape index (κ3) is 2.89. The van der Waals surface area contributed by atoms with Crippen LogP contribution in [-0.4, -0.2) is 22.2 Å². The van der Waals surface area contributed by atoms with Crippen LogP contribution in [0.3, 0.4) is 0 Å². The van der Waals surface area contributed by atoms with Crippen LogP contribution in [0.25, 0.3) is 0 Å². The van der Waals surface area contributed by atoms with E-state index in [0.717, 1.165) is 11.1 Å². The zero-order chi connectivity index (χ0) is 15.5. The molecule has 0 aliphatic carbocycles. The van der Waals surface area contributed by atoms with Crippen molar-refractivity contribution >= 4 is 5.97 Å². The Hall–Kier alpha value is -2.17. The molecule has 2 aromatic rings. The summed E-state index contributed by atoms with van der Waals surface area (Å²) < 4.78 is 0. The van der Waals surface area contributed by atoms with Gasteiger partial charge in [-0.15, -0.1) is 0 Å². The third-order valence-corrected chi connectivity index (χ3v) is 4.07. The second-order valence-corrected chi connectivity index (χ2v) is 5.59. The smallest absolute Gasteiger partial charge is 0.311 e. The molecule has 0 spiro atoms. The van der Waals surface area contributed by atoms with Gasteiger partial charge in [-0.3, -0.25) is 9.63 Å². The van der Waals surface area contributed by atoms with Gasteiger partial charge in [0.2, 0.25) is 0 Å². The minimum absolute atomic E-state index is 0.283. The first kappa shape index (κ1) is 14.8. The minimum Gasteiger partial charge on any atom is -0.481 e. The summed E-state index contributed by atoms with van der Waals surface area (Å²) in [5.74, 6) is -1.40. The molecule has 0 bridgehead atoms. The number of aliphatic carboxylic acids is 1. The average Bonchev–Trinajstić information content (AvgIpc) is 2.85. The standard InChI is InChI=1S/C18H19NO3/c1-13-16(18(20)21)17(15-10-6-3-7-11-15)19(22-13)12-14-8-4-2-5-9-14/h2-11,13,16-17H,12H2,1H3,(H,20,21)/t13-,16-,17+/m0/s1. The van der Waals surface area contributed by atoms with Crippen molar-refractivity contribution < 1.29 is 14.7 Å². The molecule has 0 radical (unpaired) electrons. The van der Waals surface area contributed by atoms with E-state index in [4.69, 9.17) is 4.84 Å². The predicted molar refractivity (Wildman–Crippen MR) is 82.8 cm³/mol. The highest BCUT2D eigenvalue weighted by atomic mass is 16.7. The zero-order valence-corrected chi connectivity index (χ0v) is 12.4. The van der Waals surface area contributed by atoms with Crippen molar-refractivity contribution in [2.24, 2.45) is 5.92 Å². The van der Waals surface area contributed by atoms with Crippen molar-refractivity contribution in [1.29, 1.82) is 0 Å². The van der Waals surface area contributed by atoms with E-state index >= 15 is 0 Å². The first-order chi connectivity index (χ1) is 10.7. The first-order valence-electron chi connectivity index (χ1n) is 7.42. The van der Waals surface area contributed by atoms with Gasteiger partial charge in [-0.2, -0.15) is 5.06 Å². The summed E-state index contributed by atoms with van der Waals surface area (Å²) >= 11 is 0. The van der Waals surface area contributed by atoms with Crippen LogP contribution in [0.1, 0.15) is 24.1 Å². The lowest BCUT2D eigenvalue weighted by molar-refractivity contribution is -0.166. The Balaban J connectivity index is 1.92. The first-order valence-corrected chi connectivity index (χ1v) is 7.42. The van der Waals surface area contributed by atoms with Crippen molar-refractivity contribution in [2.45, 2.75) is 25.6 Å². The maximum absolute atomic E-state index is 11.7. The van der Waals surface area contributed by atoms with E-state index < -0.39 is 11.9 Å². The van der Waals surface area contributed by atoms with Gasteiger partial charge in [-0.1, -0.05) is 60.7 Å². The molecule has 4 heteroatoms. The maximum atomic E-state index is 11.7. The van der Waals surface area contributed by atoms with Gasteiger partial charge in [0, 0.05) is 6.54 Å². The van der Waals surface area contributed by atoms with Crippen LogP contribution in [0.15, 0.2) is 60.7 Å². The fourth-order valence-corrected chi connectivity index (χ4v) is 3.04. The molecule has 1 fully saturated rings. The Morgan fingerprint density at radius 3 is 2.27 bits per heavy atom. The molecule has 1 saturated heterocycles. The zero-order valence-electron chi connectivity index (χ0n) is 12.4. The molecular weight excluding hydrogens is 278 g/mol. The molecule has 3 atom stereocenters. The number of carboxylic acid groups (broad SMARTS) is 1. The van der Waals surface area contributed by atoms with Crippen molar-refractivity contribution in [1.82, 2.24) is 5.06 Å². The minimum atomic E-state index is -0.822. The molecule has 1 N–H and O–H groups in total. The van der Waals surface area contributed by atoms with Gasteiger partial charge in [0.25, 0.3) is 0 Å². The van der Waals surface area contributed by atoms with Gasteiger partial charge in [0.15, 0.2) is 0 Å². The van der Waals surface area contributed by atoms with Gasteiger partial charge in [-0.25, -0.2) is 0 Å². The Morgan fingerprint density at radius 1 is 1.09 bits per heavy atom. The van der Waals surface area contributed by atoms with Crippen LogP contribution in [-0.2, 0) is 16.2 Å². The molecule has 0 amide bonds. The Bertz CT molecular complexity index is 629. The molecule has 114 valence electrons. The number of benzene rings is 2. The summed E-state index contributed by atoms with van der Waals surface area (Å²) in [6.07, 6.45) is -0.355. The number of hydrogen-bond donors (Lipinski definition) is 1. The molecular formula is C18H19NO3. The van der Waals surface area contributed by atoms with E-state index in [1.807, 2.05) is 67.6 Å². The van der Waals surface area contributed by atoms with Crippen molar-refractivity contribution in [3.05, 3.63) is 71.8 Å². The van der Waals surface area contributed by atoms with Crippen LogP contribution >= 0.6 is 0 Å². The Kier molecular flexibility index (Phi) is 4.22. The van der Waals surface area contributed by atoms with Gasteiger partial charge >= 0.3 is 5.97 Å². The molecule has 0 unspecified atom stereocenters.